The Morgan fingerprint density at radius 1 is 1.50 bits per heavy atom. The zero-order valence-electron chi connectivity index (χ0n) is 8.77. The van der Waals surface area contributed by atoms with Crippen LogP contribution in [0, 0.1) is 6.92 Å². The minimum Gasteiger partial charge on any atom is -0.482 e. The van der Waals surface area contributed by atoms with E-state index in [2.05, 4.69) is 10.2 Å². The molecule has 1 aromatic rings. The summed E-state index contributed by atoms with van der Waals surface area (Å²) in [5.41, 5.74) is 1.99. The quantitative estimate of drug-likeness (QED) is 0.404. The van der Waals surface area contributed by atoms with Gasteiger partial charge in [-0.25, -0.2) is 0 Å². The standard InChI is InChI=1S/C10H15N3O/c1-4-14-8-11-12-10-6-5-9(2)7-13(10)3/h5-8H,4H2,1-3H3/b11-8+,12-10-. The van der Waals surface area contributed by atoms with Gasteiger partial charge in [-0.15, -0.1) is 10.2 Å². The van der Waals surface area contributed by atoms with Crippen molar-refractivity contribution in [2.75, 3.05) is 6.61 Å². The third-order valence-corrected chi connectivity index (χ3v) is 1.70. The van der Waals surface area contributed by atoms with Crippen LogP contribution in [0.4, 0.5) is 0 Å². The molecule has 4 nitrogen and oxygen atoms in total. The van der Waals surface area contributed by atoms with Crippen LogP contribution < -0.4 is 5.49 Å². The molecule has 0 amide bonds. The summed E-state index contributed by atoms with van der Waals surface area (Å²) < 4.78 is 6.84. The number of pyridine rings is 1. The molecule has 0 aromatic carbocycles. The highest BCUT2D eigenvalue weighted by Crippen LogP contribution is 1.89. The number of nitrogens with zero attached hydrogens (tertiary/aromatic N) is 3. The molecule has 0 atom stereocenters. The van der Waals surface area contributed by atoms with E-state index in [0.29, 0.717) is 6.61 Å². The number of ether oxygens (including phenoxy) is 1. The first-order valence-electron chi connectivity index (χ1n) is 4.54. The van der Waals surface area contributed by atoms with Crippen molar-refractivity contribution in [3.63, 3.8) is 0 Å². The van der Waals surface area contributed by atoms with Crippen molar-refractivity contribution >= 4 is 6.40 Å². The predicted octanol–water partition coefficient (Wildman–Crippen LogP) is 1.21. The first-order chi connectivity index (χ1) is 6.74. The van der Waals surface area contributed by atoms with E-state index < -0.39 is 0 Å². The van der Waals surface area contributed by atoms with Gasteiger partial charge in [0.15, 0.2) is 11.9 Å². The van der Waals surface area contributed by atoms with E-state index in [0.717, 1.165) is 5.49 Å². The molecule has 0 aliphatic heterocycles. The Labute approximate surface area is 83.6 Å². The average molecular weight is 193 g/mol. The molecule has 0 fully saturated rings. The van der Waals surface area contributed by atoms with Gasteiger partial charge in [0.05, 0.1) is 6.61 Å². The van der Waals surface area contributed by atoms with Gasteiger partial charge < -0.3 is 9.30 Å². The number of hydrogen-bond donors (Lipinski definition) is 0. The van der Waals surface area contributed by atoms with E-state index in [1.807, 2.05) is 43.8 Å². The Morgan fingerprint density at radius 3 is 2.93 bits per heavy atom. The van der Waals surface area contributed by atoms with Crippen molar-refractivity contribution in [2.24, 2.45) is 17.3 Å². The molecule has 4 heteroatoms. The van der Waals surface area contributed by atoms with E-state index in [1.165, 1.54) is 12.0 Å². The van der Waals surface area contributed by atoms with Crippen LogP contribution in [0.3, 0.4) is 0 Å². The molecule has 0 N–H and O–H groups in total. The summed E-state index contributed by atoms with van der Waals surface area (Å²) >= 11 is 0. The van der Waals surface area contributed by atoms with Crippen LogP contribution in [0.25, 0.3) is 0 Å². The van der Waals surface area contributed by atoms with Crippen LogP contribution in [-0.2, 0) is 11.8 Å². The first kappa shape index (κ1) is 10.5. The van der Waals surface area contributed by atoms with E-state index in [1.54, 1.807) is 0 Å². The lowest BCUT2D eigenvalue weighted by molar-refractivity contribution is 0.342. The van der Waals surface area contributed by atoms with Gasteiger partial charge in [0.2, 0.25) is 0 Å². The Hall–Kier alpha value is -1.58. The zero-order chi connectivity index (χ0) is 10.4. The maximum absolute atomic E-state index is 4.92. The normalized spacial score (nSPS) is 12.4. The summed E-state index contributed by atoms with van der Waals surface area (Å²) in [5.74, 6) is 0. The molecule has 0 radical (unpaired) electrons. The highest BCUT2D eigenvalue weighted by atomic mass is 16.5. The van der Waals surface area contributed by atoms with Gasteiger partial charge in [-0.2, -0.15) is 0 Å². The summed E-state index contributed by atoms with van der Waals surface area (Å²) in [6.45, 7) is 4.55. The van der Waals surface area contributed by atoms with Crippen LogP contribution in [0.2, 0.25) is 0 Å². The topological polar surface area (TPSA) is 38.9 Å². The van der Waals surface area contributed by atoms with Crippen LogP contribution in [-0.4, -0.2) is 17.6 Å². The van der Waals surface area contributed by atoms with Gasteiger partial charge in [-0.1, -0.05) is 6.07 Å². The minimum absolute atomic E-state index is 0.610. The SMILES string of the molecule is CCO/C=N/N=c1/ccc(C)cn1C. The van der Waals surface area contributed by atoms with Crippen molar-refractivity contribution < 1.29 is 4.74 Å². The summed E-state index contributed by atoms with van der Waals surface area (Å²) in [6, 6.07) is 3.91. The molecule has 0 saturated heterocycles. The Kier molecular flexibility index (Phi) is 3.91. The molecule has 0 aliphatic carbocycles. The molecular weight excluding hydrogens is 178 g/mol. The monoisotopic (exact) mass is 193 g/mol. The molecule has 76 valence electrons. The van der Waals surface area contributed by atoms with Gasteiger partial charge in [-0.05, 0) is 25.5 Å². The zero-order valence-corrected chi connectivity index (χ0v) is 8.77. The highest BCUT2D eigenvalue weighted by molar-refractivity contribution is 5.45. The Morgan fingerprint density at radius 2 is 2.29 bits per heavy atom. The second-order valence-corrected chi connectivity index (χ2v) is 2.95. The molecule has 0 bridgehead atoms. The molecular formula is C10H15N3O. The van der Waals surface area contributed by atoms with E-state index in [4.69, 9.17) is 4.74 Å². The fraction of sp³-hybridized carbons (Fsp3) is 0.400. The van der Waals surface area contributed by atoms with Gasteiger partial charge in [0.25, 0.3) is 0 Å². The lowest BCUT2D eigenvalue weighted by Crippen LogP contribution is -2.16. The smallest absolute Gasteiger partial charge is 0.195 e. The fourth-order valence-corrected chi connectivity index (χ4v) is 1.03. The number of hydrogen-bond acceptors (Lipinski definition) is 3. The number of aromatic nitrogens is 1. The number of rotatable bonds is 3. The third kappa shape index (κ3) is 3.05. The molecule has 0 spiro atoms. The van der Waals surface area contributed by atoms with E-state index >= 15 is 0 Å². The third-order valence-electron chi connectivity index (χ3n) is 1.70. The average Bonchev–Trinajstić information content (AvgIpc) is 2.15. The summed E-state index contributed by atoms with van der Waals surface area (Å²) in [7, 11) is 1.93. The lowest BCUT2D eigenvalue weighted by Gasteiger charge is -1.98. The largest absolute Gasteiger partial charge is 0.482 e. The lowest BCUT2D eigenvalue weighted by atomic mass is 10.3. The second-order valence-electron chi connectivity index (χ2n) is 2.95. The second kappa shape index (κ2) is 5.21. The molecule has 1 rings (SSSR count). The van der Waals surface area contributed by atoms with Crippen molar-refractivity contribution in [1.29, 1.82) is 0 Å². The van der Waals surface area contributed by atoms with Gasteiger partial charge in [0.1, 0.15) is 0 Å². The molecule has 0 aliphatic rings. The Balaban J connectivity index is 2.85. The van der Waals surface area contributed by atoms with Crippen LogP contribution in [0.5, 0.6) is 0 Å². The first-order valence-corrected chi connectivity index (χ1v) is 4.54. The summed E-state index contributed by atoms with van der Waals surface area (Å²) in [4.78, 5) is 0. The summed E-state index contributed by atoms with van der Waals surface area (Å²) in [5, 5.41) is 7.77. The van der Waals surface area contributed by atoms with Gasteiger partial charge in [0, 0.05) is 13.2 Å². The van der Waals surface area contributed by atoms with E-state index in [9.17, 15) is 0 Å². The maximum Gasteiger partial charge on any atom is 0.195 e. The summed E-state index contributed by atoms with van der Waals surface area (Å²) in [6.07, 6.45) is 3.34. The molecule has 0 saturated carbocycles. The molecule has 1 aromatic heterocycles. The van der Waals surface area contributed by atoms with E-state index in [-0.39, 0.29) is 0 Å². The van der Waals surface area contributed by atoms with Crippen LogP contribution >= 0.6 is 0 Å². The van der Waals surface area contributed by atoms with Crippen molar-refractivity contribution in [1.82, 2.24) is 4.57 Å². The molecule has 1 heterocycles. The fourth-order valence-electron chi connectivity index (χ4n) is 1.03. The highest BCUT2D eigenvalue weighted by Gasteiger charge is 1.86. The van der Waals surface area contributed by atoms with Crippen LogP contribution in [0.1, 0.15) is 12.5 Å². The number of aryl methyl sites for hydroxylation is 2. The van der Waals surface area contributed by atoms with Crippen molar-refractivity contribution in [3.8, 4) is 0 Å². The molecule has 14 heavy (non-hydrogen) atoms. The van der Waals surface area contributed by atoms with Gasteiger partial charge in [-0.3, -0.25) is 0 Å². The maximum atomic E-state index is 4.92. The predicted molar refractivity (Wildman–Crippen MR) is 55.8 cm³/mol. The molecule has 0 unspecified atom stereocenters. The van der Waals surface area contributed by atoms with Crippen molar-refractivity contribution in [2.45, 2.75) is 13.8 Å². The van der Waals surface area contributed by atoms with Crippen molar-refractivity contribution in [3.05, 3.63) is 29.4 Å². The minimum atomic E-state index is 0.610. The Bertz CT molecular complexity index is 379. The van der Waals surface area contributed by atoms with Crippen LogP contribution in [0.15, 0.2) is 28.5 Å². The van der Waals surface area contributed by atoms with Gasteiger partial charge >= 0.3 is 0 Å².